The van der Waals surface area contributed by atoms with Crippen LogP contribution in [0.1, 0.15) is 29.5 Å². The van der Waals surface area contributed by atoms with Crippen LogP contribution in [0.5, 0.6) is 0 Å². The van der Waals surface area contributed by atoms with Crippen molar-refractivity contribution in [1.82, 2.24) is 29.4 Å². The van der Waals surface area contributed by atoms with Crippen molar-refractivity contribution in [1.29, 1.82) is 0 Å². The fourth-order valence-corrected chi connectivity index (χ4v) is 5.13. The Morgan fingerprint density at radius 3 is 2.85 bits per heavy atom. The van der Waals surface area contributed by atoms with E-state index in [0.717, 1.165) is 40.0 Å². The van der Waals surface area contributed by atoms with Gasteiger partial charge in [-0.2, -0.15) is 10.2 Å². The molecule has 0 bridgehead atoms. The molecule has 10 heteroatoms. The van der Waals surface area contributed by atoms with Crippen molar-refractivity contribution in [3.63, 3.8) is 0 Å². The van der Waals surface area contributed by atoms with E-state index in [1.165, 1.54) is 12.1 Å². The van der Waals surface area contributed by atoms with E-state index in [9.17, 15) is 8.78 Å². The van der Waals surface area contributed by atoms with Crippen LogP contribution in [-0.4, -0.2) is 35.9 Å². The summed E-state index contributed by atoms with van der Waals surface area (Å²) in [6.07, 6.45) is 10.7. The average Bonchev–Trinajstić information content (AvgIpc) is 3.60. The zero-order chi connectivity index (χ0) is 22.5. The Morgan fingerprint density at radius 2 is 2.00 bits per heavy atom. The second-order valence-electron chi connectivity index (χ2n) is 8.02. The van der Waals surface area contributed by atoms with E-state index in [1.807, 2.05) is 36.5 Å². The number of nitrogens with zero attached hydrogens (tertiary/aromatic N) is 7. The molecule has 1 saturated heterocycles. The zero-order valence-electron chi connectivity index (χ0n) is 17.7. The number of anilines is 1. The lowest BCUT2D eigenvalue weighted by Crippen LogP contribution is -2.24. The molecule has 4 aromatic heterocycles. The Bertz CT molecular complexity index is 1470. The minimum Gasteiger partial charge on any atom is -0.349 e. The van der Waals surface area contributed by atoms with Crippen LogP contribution in [0.15, 0.2) is 55.2 Å². The molecule has 0 unspecified atom stereocenters. The van der Waals surface area contributed by atoms with Gasteiger partial charge in [0.25, 0.3) is 0 Å². The first-order valence-electron chi connectivity index (χ1n) is 10.6. The van der Waals surface area contributed by atoms with Crippen LogP contribution in [0.4, 0.5) is 14.6 Å². The zero-order valence-corrected chi connectivity index (χ0v) is 18.5. The summed E-state index contributed by atoms with van der Waals surface area (Å²) in [7, 11) is 0. The molecule has 1 aliphatic rings. The minimum absolute atomic E-state index is 0.270. The molecule has 1 atom stereocenters. The van der Waals surface area contributed by atoms with Gasteiger partial charge in [-0.05, 0) is 44.0 Å². The van der Waals surface area contributed by atoms with E-state index in [4.69, 9.17) is 4.98 Å². The van der Waals surface area contributed by atoms with Crippen LogP contribution in [0, 0.1) is 18.6 Å². The fourth-order valence-electron chi connectivity index (χ4n) is 4.38. The molecule has 1 aromatic carbocycles. The van der Waals surface area contributed by atoms with Crippen LogP contribution in [0.25, 0.3) is 21.8 Å². The highest BCUT2D eigenvalue weighted by Crippen LogP contribution is 2.37. The summed E-state index contributed by atoms with van der Waals surface area (Å²) < 4.78 is 31.8. The van der Waals surface area contributed by atoms with Crippen molar-refractivity contribution < 1.29 is 8.78 Å². The minimum atomic E-state index is -0.439. The van der Waals surface area contributed by atoms with Gasteiger partial charge >= 0.3 is 0 Å². The fraction of sp³-hybridized carbons (Fsp3) is 0.217. The maximum absolute atomic E-state index is 14.5. The topological polar surface area (TPSA) is 64.1 Å². The lowest BCUT2D eigenvalue weighted by molar-refractivity contribution is 0.560. The SMILES string of the molecule is Cc1ncc(-c2cnn(-c3cnn4ccc(N5CCC[C@@H]5c5cc(F)ccc5F)nc34)c2)s1. The summed E-state index contributed by atoms with van der Waals surface area (Å²) >= 11 is 1.61. The molecule has 0 amide bonds. The summed E-state index contributed by atoms with van der Waals surface area (Å²) in [6, 6.07) is 5.20. The third kappa shape index (κ3) is 3.46. The van der Waals surface area contributed by atoms with Crippen molar-refractivity contribution in [3.05, 3.63) is 77.5 Å². The van der Waals surface area contributed by atoms with Gasteiger partial charge in [-0.3, -0.25) is 0 Å². The number of halogens is 2. The second-order valence-corrected chi connectivity index (χ2v) is 9.25. The number of fused-ring (bicyclic) bond motifs is 1. The van der Waals surface area contributed by atoms with Crippen molar-refractivity contribution in [2.24, 2.45) is 0 Å². The molecule has 166 valence electrons. The third-order valence-corrected chi connectivity index (χ3v) is 6.90. The van der Waals surface area contributed by atoms with Crippen LogP contribution < -0.4 is 4.90 Å². The number of aryl methyl sites for hydroxylation is 1. The maximum Gasteiger partial charge on any atom is 0.183 e. The first kappa shape index (κ1) is 20.0. The lowest BCUT2D eigenvalue weighted by atomic mass is 10.0. The molecule has 6 rings (SSSR count). The molecule has 1 aliphatic heterocycles. The second kappa shape index (κ2) is 7.73. The molecule has 0 N–H and O–H groups in total. The van der Waals surface area contributed by atoms with Gasteiger partial charge in [0.05, 0.1) is 28.3 Å². The molecule has 7 nitrogen and oxygen atoms in total. The van der Waals surface area contributed by atoms with E-state index in [1.54, 1.807) is 32.9 Å². The highest BCUT2D eigenvalue weighted by atomic mass is 32.1. The van der Waals surface area contributed by atoms with E-state index in [-0.39, 0.29) is 6.04 Å². The van der Waals surface area contributed by atoms with Crippen LogP contribution >= 0.6 is 11.3 Å². The Hall–Kier alpha value is -3.66. The molecular formula is C23H19F2N7S. The van der Waals surface area contributed by atoms with Crippen LogP contribution in [0.3, 0.4) is 0 Å². The van der Waals surface area contributed by atoms with Gasteiger partial charge in [0.1, 0.15) is 23.1 Å². The van der Waals surface area contributed by atoms with Crippen molar-refractivity contribution >= 4 is 22.8 Å². The molecular weight excluding hydrogens is 444 g/mol. The van der Waals surface area contributed by atoms with Gasteiger partial charge < -0.3 is 4.90 Å². The number of thiazole rings is 1. The molecule has 5 heterocycles. The quantitative estimate of drug-likeness (QED) is 0.377. The number of hydrogen-bond acceptors (Lipinski definition) is 6. The molecule has 0 saturated carbocycles. The van der Waals surface area contributed by atoms with Crippen LogP contribution in [-0.2, 0) is 0 Å². The largest absolute Gasteiger partial charge is 0.349 e. The number of benzene rings is 1. The van der Waals surface area contributed by atoms with Gasteiger partial charge in [0.2, 0.25) is 0 Å². The third-order valence-electron chi connectivity index (χ3n) is 5.94. The Kier molecular flexibility index (Phi) is 4.68. The maximum atomic E-state index is 14.5. The first-order chi connectivity index (χ1) is 16.1. The normalized spacial score (nSPS) is 16.2. The predicted molar refractivity (Wildman–Crippen MR) is 122 cm³/mol. The Labute approximate surface area is 192 Å². The molecule has 33 heavy (non-hydrogen) atoms. The number of aromatic nitrogens is 6. The highest BCUT2D eigenvalue weighted by molar-refractivity contribution is 7.15. The smallest absolute Gasteiger partial charge is 0.183 e. The summed E-state index contributed by atoms with van der Waals surface area (Å²) in [6.45, 7) is 2.68. The van der Waals surface area contributed by atoms with Crippen molar-refractivity contribution in [2.45, 2.75) is 25.8 Å². The van der Waals surface area contributed by atoms with Crippen molar-refractivity contribution in [2.75, 3.05) is 11.4 Å². The molecule has 5 aromatic rings. The first-order valence-corrected chi connectivity index (χ1v) is 11.4. The summed E-state index contributed by atoms with van der Waals surface area (Å²) in [5, 5.41) is 9.91. The molecule has 0 radical (unpaired) electrons. The van der Waals surface area contributed by atoms with Gasteiger partial charge in [0.15, 0.2) is 5.65 Å². The number of hydrogen-bond donors (Lipinski definition) is 0. The lowest BCUT2D eigenvalue weighted by Gasteiger charge is -2.26. The monoisotopic (exact) mass is 463 g/mol. The molecule has 0 spiro atoms. The Morgan fingerprint density at radius 1 is 1.09 bits per heavy atom. The van der Waals surface area contributed by atoms with E-state index >= 15 is 0 Å². The van der Waals surface area contributed by atoms with Gasteiger partial charge in [-0.1, -0.05) is 0 Å². The summed E-state index contributed by atoms with van der Waals surface area (Å²) in [5.74, 6) is -0.145. The summed E-state index contributed by atoms with van der Waals surface area (Å²) in [4.78, 5) is 12.2. The molecule has 1 fully saturated rings. The standard InChI is InChI=1S/C23H19F2N7S/c1-14-26-12-21(33-14)15-10-27-32(13-15)20-11-28-31-8-6-22(29-23(20)31)30-7-2-3-19(30)17-9-16(24)4-5-18(17)25/h4-6,8-13,19H,2-3,7H2,1H3/t19-/m1/s1. The van der Waals surface area contributed by atoms with Crippen molar-refractivity contribution in [3.8, 4) is 16.1 Å². The predicted octanol–water partition coefficient (Wildman–Crippen LogP) is 4.97. The molecule has 0 aliphatic carbocycles. The van der Waals surface area contributed by atoms with E-state index in [2.05, 4.69) is 15.2 Å². The van der Waals surface area contributed by atoms with Gasteiger partial charge in [0, 0.05) is 36.3 Å². The van der Waals surface area contributed by atoms with Gasteiger partial charge in [-0.15, -0.1) is 11.3 Å². The van der Waals surface area contributed by atoms with E-state index in [0.29, 0.717) is 23.6 Å². The Balaban J connectivity index is 1.38. The number of rotatable bonds is 4. The van der Waals surface area contributed by atoms with Crippen LogP contribution in [0.2, 0.25) is 0 Å². The van der Waals surface area contributed by atoms with Gasteiger partial charge in [-0.25, -0.2) is 27.9 Å². The average molecular weight is 464 g/mol. The summed E-state index contributed by atoms with van der Waals surface area (Å²) in [5.41, 5.74) is 2.70. The van der Waals surface area contributed by atoms with E-state index < -0.39 is 11.6 Å². The highest BCUT2D eigenvalue weighted by Gasteiger charge is 2.30.